The van der Waals surface area contributed by atoms with E-state index < -0.39 is 0 Å². The van der Waals surface area contributed by atoms with Crippen LogP contribution in [0.25, 0.3) is 0 Å². The van der Waals surface area contributed by atoms with Gasteiger partial charge in [-0.25, -0.2) is 0 Å². The number of carbonyl (C=O) groups is 1. The average molecular weight is 337 g/mol. The monoisotopic (exact) mass is 337 g/mol. The molecule has 1 atom stereocenters. The van der Waals surface area contributed by atoms with Gasteiger partial charge < -0.3 is 10.0 Å². The van der Waals surface area contributed by atoms with Crippen molar-refractivity contribution in [2.45, 2.75) is 18.9 Å². The number of nitrogens with zero attached hydrogens (tertiary/aromatic N) is 1. The van der Waals surface area contributed by atoms with Crippen LogP contribution in [0.3, 0.4) is 0 Å². The lowest BCUT2D eigenvalue weighted by molar-refractivity contribution is 0.0474. The van der Waals surface area contributed by atoms with Gasteiger partial charge in [-0.2, -0.15) is 0 Å². The molecule has 0 saturated carbocycles. The topological polar surface area (TPSA) is 40.5 Å². The molecule has 1 saturated heterocycles. The summed E-state index contributed by atoms with van der Waals surface area (Å²) >= 11 is 3.78. The minimum atomic E-state index is -0.347. The maximum absolute atomic E-state index is 12.0. The minimum absolute atomic E-state index is 0.0490. The van der Waals surface area contributed by atoms with Gasteiger partial charge in [-0.05, 0) is 41.5 Å². The van der Waals surface area contributed by atoms with Crippen molar-refractivity contribution in [1.29, 1.82) is 0 Å². The fourth-order valence-electron chi connectivity index (χ4n) is 1.74. The Labute approximate surface area is 106 Å². The van der Waals surface area contributed by atoms with Gasteiger partial charge in [0, 0.05) is 18.5 Å². The molecule has 0 radical (unpaired) electrons. The third-order valence-corrected chi connectivity index (χ3v) is 4.29. The molecule has 2 heterocycles. The lowest BCUT2D eigenvalue weighted by atomic mass is 10.1. The van der Waals surface area contributed by atoms with Crippen molar-refractivity contribution in [2.24, 2.45) is 0 Å². The zero-order valence-electron chi connectivity index (χ0n) is 8.15. The van der Waals surface area contributed by atoms with Crippen LogP contribution in [0.15, 0.2) is 11.4 Å². The first kappa shape index (κ1) is 11.3. The summed E-state index contributed by atoms with van der Waals surface area (Å²) in [7, 11) is 0. The van der Waals surface area contributed by atoms with E-state index in [2.05, 4.69) is 22.6 Å². The van der Waals surface area contributed by atoms with Gasteiger partial charge in [0.15, 0.2) is 0 Å². The van der Waals surface area contributed by atoms with Crippen LogP contribution < -0.4 is 0 Å². The van der Waals surface area contributed by atoms with Crippen molar-refractivity contribution >= 4 is 39.8 Å². The van der Waals surface area contributed by atoms with E-state index in [9.17, 15) is 9.90 Å². The molecule has 1 aliphatic heterocycles. The summed E-state index contributed by atoms with van der Waals surface area (Å²) in [4.78, 5) is 13.7. The predicted octanol–water partition coefficient (Wildman–Crippen LogP) is 1.95. The number of thiophene rings is 1. The van der Waals surface area contributed by atoms with Crippen molar-refractivity contribution in [3.63, 3.8) is 0 Å². The molecular weight excluding hydrogens is 325 g/mol. The summed E-state index contributed by atoms with van der Waals surface area (Å²) in [5, 5.41) is 11.4. The summed E-state index contributed by atoms with van der Waals surface area (Å²) in [6, 6.07) is 1.90. The smallest absolute Gasteiger partial charge is 0.254 e. The number of aliphatic hydroxyl groups excluding tert-OH is 1. The van der Waals surface area contributed by atoms with Gasteiger partial charge in [-0.15, -0.1) is 11.3 Å². The van der Waals surface area contributed by atoms with Crippen LogP contribution in [0.2, 0.25) is 0 Å². The number of aliphatic hydroxyl groups is 1. The van der Waals surface area contributed by atoms with Crippen LogP contribution in [-0.2, 0) is 0 Å². The second-order valence-electron chi connectivity index (χ2n) is 3.69. The number of piperidine rings is 1. The lowest BCUT2D eigenvalue weighted by Gasteiger charge is -2.29. The highest BCUT2D eigenvalue weighted by atomic mass is 127. The second kappa shape index (κ2) is 4.80. The minimum Gasteiger partial charge on any atom is -0.391 e. The van der Waals surface area contributed by atoms with Gasteiger partial charge in [-0.3, -0.25) is 4.79 Å². The summed E-state index contributed by atoms with van der Waals surface area (Å²) in [5.41, 5.74) is 0.749. The fourth-order valence-corrected chi connectivity index (χ4v) is 3.06. The molecule has 1 aliphatic rings. The Morgan fingerprint density at radius 3 is 3.07 bits per heavy atom. The maximum Gasteiger partial charge on any atom is 0.254 e. The Balaban J connectivity index is 2.07. The summed E-state index contributed by atoms with van der Waals surface area (Å²) in [6.07, 6.45) is 1.36. The van der Waals surface area contributed by atoms with E-state index in [1.807, 2.05) is 11.4 Å². The molecule has 1 aromatic rings. The second-order valence-corrected chi connectivity index (χ2v) is 6.49. The average Bonchev–Trinajstić information content (AvgIpc) is 2.64. The molecule has 0 bridgehead atoms. The number of carbonyl (C=O) groups excluding carboxylic acids is 1. The maximum atomic E-state index is 12.0. The molecule has 1 aromatic heterocycles. The van der Waals surface area contributed by atoms with Crippen LogP contribution in [0, 0.1) is 2.88 Å². The van der Waals surface area contributed by atoms with Gasteiger partial charge in [0.05, 0.1) is 14.6 Å². The third kappa shape index (κ3) is 2.70. The molecular formula is C10H12INO2S. The molecule has 0 aliphatic carbocycles. The Morgan fingerprint density at radius 2 is 2.47 bits per heavy atom. The van der Waals surface area contributed by atoms with E-state index in [0.29, 0.717) is 6.54 Å². The summed E-state index contributed by atoms with van der Waals surface area (Å²) < 4.78 is 1.12. The molecule has 1 fully saturated rings. The predicted molar refractivity (Wildman–Crippen MR) is 68.2 cm³/mol. The Kier molecular flexibility index (Phi) is 3.63. The van der Waals surface area contributed by atoms with Crippen LogP contribution in [0.1, 0.15) is 23.2 Å². The standard InChI is InChI=1S/C10H12INO2S/c11-9-4-7(6-15-9)10(14)12-3-1-2-8(13)5-12/h4,6,8,13H,1-3,5H2/t8-/m1/s1. The van der Waals surface area contributed by atoms with Crippen LogP contribution in [0.5, 0.6) is 0 Å². The van der Waals surface area contributed by atoms with Crippen molar-refractivity contribution in [1.82, 2.24) is 4.90 Å². The lowest BCUT2D eigenvalue weighted by Crippen LogP contribution is -2.42. The van der Waals surface area contributed by atoms with Crippen LogP contribution >= 0.6 is 33.9 Å². The first-order valence-electron chi connectivity index (χ1n) is 4.88. The highest BCUT2D eigenvalue weighted by Gasteiger charge is 2.23. The molecule has 3 nitrogen and oxygen atoms in total. The quantitative estimate of drug-likeness (QED) is 0.796. The Morgan fingerprint density at radius 1 is 1.67 bits per heavy atom. The van der Waals surface area contributed by atoms with Gasteiger partial charge in [0.2, 0.25) is 0 Å². The van der Waals surface area contributed by atoms with E-state index in [4.69, 9.17) is 0 Å². The number of β-amino-alcohol motifs (C(OH)–C–C–N with tert-alkyl or cyclic N) is 1. The molecule has 5 heteroatoms. The van der Waals surface area contributed by atoms with E-state index in [-0.39, 0.29) is 12.0 Å². The largest absolute Gasteiger partial charge is 0.391 e. The zero-order valence-corrected chi connectivity index (χ0v) is 11.1. The first-order valence-corrected chi connectivity index (χ1v) is 6.84. The fraction of sp³-hybridized carbons (Fsp3) is 0.500. The molecule has 82 valence electrons. The van der Waals surface area contributed by atoms with Crippen molar-refractivity contribution in [3.8, 4) is 0 Å². The van der Waals surface area contributed by atoms with Crippen molar-refractivity contribution in [3.05, 3.63) is 19.9 Å². The number of hydrogen-bond donors (Lipinski definition) is 1. The molecule has 0 spiro atoms. The van der Waals surface area contributed by atoms with Gasteiger partial charge in [0.25, 0.3) is 5.91 Å². The summed E-state index contributed by atoms with van der Waals surface area (Å²) in [5.74, 6) is 0.0490. The number of rotatable bonds is 1. The molecule has 0 aromatic carbocycles. The van der Waals surface area contributed by atoms with Gasteiger partial charge >= 0.3 is 0 Å². The number of likely N-dealkylation sites (tertiary alicyclic amines) is 1. The zero-order chi connectivity index (χ0) is 10.8. The first-order chi connectivity index (χ1) is 7.16. The number of halogens is 1. The molecule has 2 rings (SSSR count). The van der Waals surface area contributed by atoms with Gasteiger partial charge in [0.1, 0.15) is 0 Å². The highest BCUT2D eigenvalue weighted by Crippen LogP contribution is 2.20. The highest BCUT2D eigenvalue weighted by molar-refractivity contribution is 14.1. The molecule has 1 amide bonds. The third-order valence-electron chi connectivity index (χ3n) is 2.50. The Bertz CT molecular complexity index is 366. The normalized spacial score (nSPS) is 21.7. The molecule has 0 unspecified atom stereocenters. The van der Waals surface area contributed by atoms with Crippen molar-refractivity contribution < 1.29 is 9.90 Å². The van der Waals surface area contributed by atoms with Crippen LogP contribution in [0.4, 0.5) is 0 Å². The summed E-state index contributed by atoms with van der Waals surface area (Å²) in [6.45, 7) is 1.24. The van der Waals surface area contributed by atoms with Crippen molar-refractivity contribution in [2.75, 3.05) is 13.1 Å². The molecule has 15 heavy (non-hydrogen) atoms. The number of amides is 1. The van der Waals surface area contributed by atoms with E-state index in [1.165, 1.54) is 0 Å². The molecule has 1 N–H and O–H groups in total. The van der Waals surface area contributed by atoms with E-state index in [0.717, 1.165) is 27.8 Å². The van der Waals surface area contributed by atoms with Gasteiger partial charge in [-0.1, -0.05) is 0 Å². The van der Waals surface area contributed by atoms with E-state index in [1.54, 1.807) is 16.2 Å². The van der Waals surface area contributed by atoms with E-state index >= 15 is 0 Å². The number of hydrogen-bond acceptors (Lipinski definition) is 3. The Hall–Kier alpha value is -0.140. The SMILES string of the molecule is O=C(c1csc(I)c1)N1CCC[C@@H](O)C1. The van der Waals surface area contributed by atoms with Crippen LogP contribution in [-0.4, -0.2) is 35.1 Å².